The minimum absolute atomic E-state index is 0.474. The average Bonchev–Trinajstić information content (AvgIpc) is 2.62. The topological polar surface area (TPSA) is 29.3 Å². The Morgan fingerprint density at radius 1 is 1.42 bits per heavy atom. The molecule has 1 aliphatic rings. The van der Waals surface area contributed by atoms with Crippen molar-refractivity contribution in [2.75, 3.05) is 11.4 Å². The molecule has 1 aliphatic heterocycles. The predicted molar refractivity (Wildman–Crippen MR) is 89.9 cm³/mol. The van der Waals surface area contributed by atoms with Gasteiger partial charge in [0.2, 0.25) is 0 Å². The summed E-state index contributed by atoms with van der Waals surface area (Å²) < 4.78 is 0.997. The quantitative estimate of drug-likeness (QED) is 0.834. The molecule has 0 spiro atoms. The van der Waals surface area contributed by atoms with E-state index in [0.29, 0.717) is 11.0 Å². The summed E-state index contributed by atoms with van der Waals surface area (Å²) in [6.07, 6.45) is 6.33. The highest BCUT2D eigenvalue weighted by Gasteiger charge is 2.23. The first kappa shape index (κ1) is 14.8. The summed E-state index contributed by atoms with van der Waals surface area (Å²) in [7, 11) is 0. The van der Waals surface area contributed by atoms with Gasteiger partial charge in [0, 0.05) is 28.3 Å². The lowest BCUT2D eigenvalue weighted by molar-refractivity contribution is 0.556. The lowest BCUT2D eigenvalue weighted by Gasteiger charge is -2.33. The van der Waals surface area contributed by atoms with Gasteiger partial charge in [0.25, 0.3) is 0 Å². The number of nitrogens with zero attached hydrogens (tertiary/aromatic N) is 1. The molecule has 0 radical (unpaired) electrons. The summed E-state index contributed by atoms with van der Waals surface area (Å²) in [5.74, 6) is 0. The number of hydrogen-bond donors (Lipinski definition) is 1. The van der Waals surface area contributed by atoms with Gasteiger partial charge < -0.3 is 10.6 Å². The van der Waals surface area contributed by atoms with Crippen LogP contribution in [0.4, 0.5) is 5.69 Å². The third-order valence-electron chi connectivity index (χ3n) is 3.90. The first-order valence-electron chi connectivity index (χ1n) is 7.00. The summed E-state index contributed by atoms with van der Waals surface area (Å²) in [6, 6.07) is 6.83. The summed E-state index contributed by atoms with van der Waals surface area (Å²) >= 11 is 8.82. The molecule has 1 atom stereocenters. The van der Waals surface area contributed by atoms with Crippen LogP contribution in [0.5, 0.6) is 0 Å². The van der Waals surface area contributed by atoms with Gasteiger partial charge in [0.15, 0.2) is 0 Å². The maximum Gasteiger partial charge on any atom is 0.107 e. The van der Waals surface area contributed by atoms with Crippen molar-refractivity contribution in [1.29, 1.82) is 0 Å². The predicted octanol–water partition coefficient (Wildman–Crippen LogP) is 4.24. The molecule has 104 valence electrons. The monoisotopic (exact) mass is 340 g/mol. The molecule has 1 aromatic carbocycles. The highest BCUT2D eigenvalue weighted by molar-refractivity contribution is 9.10. The van der Waals surface area contributed by atoms with Crippen molar-refractivity contribution in [2.24, 2.45) is 5.73 Å². The Morgan fingerprint density at radius 3 is 2.89 bits per heavy atom. The zero-order valence-electron chi connectivity index (χ0n) is 11.4. The van der Waals surface area contributed by atoms with Crippen LogP contribution in [0.3, 0.4) is 0 Å². The zero-order chi connectivity index (χ0) is 13.8. The van der Waals surface area contributed by atoms with Crippen molar-refractivity contribution in [1.82, 2.24) is 0 Å². The van der Waals surface area contributed by atoms with E-state index in [9.17, 15) is 0 Å². The molecule has 2 nitrogen and oxygen atoms in total. The Kier molecular flexibility index (Phi) is 5.22. The molecule has 0 aliphatic carbocycles. The van der Waals surface area contributed by atoms with Crippen molar-refractivity contribution in [3.05, 3.63) is 28.2 Å². The van der Waals surface area contributed by atoms with Crippen LogP contribution >= 0.6 is 28.1 Å². The number of thiocarbonyl (C=S) groups is 1. The maximum absolute atomic E-state index is 5.92. The third-order valence-corrected chi connectivity index (χ3v) is 4.76. The van der Waals surface area contributed by atoms with Gasteiger partial charge in [-0.1, -0.05) is 38.0 Å². The minimum Gasteiger partial charge on any atom is -0.389 e. The summed E-state index contributed by atoms with van der Waals surface area (Å²) in [6.45, 7) is 3.37. The first-order valence-corrected chi connectivity index (χ1v) is 8.20. The Hall–Kier alpha value is -0.610. The number of benzene rings is 1. The van der Waals surface area contributed by atoms with Gasteiger partial charge in [-0.05, 0) is 47.3 Å². The molecule has 1 aromatic rings. The summed E-state index contributed by atoms with van der Waals surface area (Å²) in [5, 5.41) is 0. The summed E-state index contributed by atoms with van der Waals surface area (Å²) in [4.78, 5) is 2.98. The van der Waals surface area contributed by atoms with E-state index in [4.69, 9.17) is 18.0 Å². The normalized spacial score (nSPS) is 20.1. The van der Waals surface area contributed by atoms with Crippen LogP contribution < -0.4 is 10.6 Å². The van der Waals surface area contributed by atoms with Gasteiger partial charge in [0.05, 0.1) is 0 Å². The highest BCUT2D eigenvalue weighted by atomic mass is 79.9. The van der Waals surface area contributed by atoms with E-state index in [-0.39, 0.29) is 0 Å². The summed E-state index contributed by atoms with van der Waals surface area (Å²) in [5.41, 5.74) is 8.10. The molecule has 2 N–H and O–H groups in total. The van der Waals surface area contributed by atoms with E-state index in [1.54, 1.807) is 0 Å². The molecule has 1 unspecified atom stereocenters. The van der Waals surface area contributed by atoms with Gasteiger partial charge in [0.1, 0.15) is 4.99 Å². The van der Waals surface area contributed by atoms with E-state index >= 15 is 0 Å². The lowest BCUT2D eigenvalue weighted by Crippen LogP contribution is -2.36. The third kappa shape index (κ3) is 3.29. The molecular formula is C15H21BrN2S. The van der Waals surface area contributed by atoms with Crippen molar-refractivity contribution < 1.29 is 0 Å². The fourth-order valence-corrected chi connectivity index (χ4v) is 3.83. The van der Waals surface area contributed by atoms with Gasteiger partial charge in [-0.15, -0.1) is 0 Å². The second kappa shape index (κ2) is 6.71. The van der Waals surface area contributed by atoms with Crippen LogP contribution in [0.15, 0.2) is 22.7 Å². The standard InChI is InChI=1S/C15H21BrN2S/c1-2-11-7-4-3-5-10-18(11)13-9-6-8-12(16)14(13)15(17)19/h6,8-9,11H,2-5,7,10H2,1H3,(H2,17,19). The number of halogens is 1. The smallest absolute Gasteiger partial charge is 0.107 e. The molecular weight excluding hydrogens is 320 g/mol. The van der Waals surface area contributed by atoms with Crippen molar-refractivity contribution in [3.8, 4) is 0 Å². The number of hydrogen-bond acceptors (Lipinski definition) is 2. The molecule has 4 heteroatoms. The molecule has 19 heavy (non-hydrogen) atoms. The fraction of sp³-hybridized carbons (Fsp3) is 0.533. The van der Waals surface area contributed by atoms with E-state index in [1.165, 1.54) is 37.8 Å². The number of nitrogens with two attached hydrogens (primary N) is 1. The van der Waals surface area contributed by atoms with Crippen molar-refractivity contribution in [3.63, 3.8) is 0 Å². The fourth-order valence-electron chi connectivity index (χ4n) is 2.91. The van der Waals surface area contributed by atoms with Gasteiger partial charge >= 0.3 is 0 Å². The molecule has 0 amide bonds. The van der Waals surface area contributed by atoms with Crippen LogP contribution in [0.1, 0.15) is 44.6 Å². The van der Waals surface area contributed by atoms with E-state index in [1.807, 2.05) is 6.07 Å². The van der Waals surface area contributed by atoms with Gasteiger partial charge in [-0.3, -0.25) is 0 Å². The minimum atomic E-state index is 0.474. The van der Waals surface area contributed by atoms with Crippen LogP contribution in [0, 0.1) is 0 Å². The lowest BCUT2D eigenvalue weighted by atomic mass is 10.1. The molecule has 0 aromatic heterocycles. The van der Waals surface area contributed by atoms with Crippen LogP contribution in [-0.4, -0.2) is 17.6 Å². The van der Waals surface area contributed by atoms with Crippen molar-refractivity contribution >= 4 is 38.8 Å². The van der Waals surface area contributed by atoms with Crippen LogP contribution in [0.25, 0.3) is 0 Å². The molecule has 1 heterocycles. The van der Waals surface area contributed by atoms with E-state index in [2.05, 4.69) is 39.9 Å². The van der Waals surface area contributed by atoms with E-state index in [0.717, 1.165) is 16.6 Å². The number of rotatable bonds is 3. The second-order valence-electron chi connectivity index (χ2n) is 5.10. The molecule has 2 rings (SSSR count). The van der Waals surface area contributed by atoms with Gasteiger partial charge in [-0.2, -0.15) is 0 Å². The molecule has 1 fully saturated rings. The van der Waals surface area contributed by atoms with E-state index < -0.39 is 0 Å². The zero-order valence-corrected chi connectivity index (χ0v) is 13.8. The average molecular weight is 341 g/mol. The van der Waals surface area contributed by atoms with Crippen molar-refractivity contribution in [2.45, 2.75) is 45.1 Å². The SMILES string of the molecule is CCC1CCCCCN1c1cccc(Br)c1C(N)=S. The van der Waals surface area contributed by atoms with Crippen LogP contribution in [0.2, 0.25) is 0 Å². The highest BCUT2D eigenvalue weighted by Crippen LogP contribution is 2.32. The Morgan fingerprint density at radius 2 is 2.21 bits per heavy atom. The second-order valence-corrected chi connectivity index (χ2v) is 6.40. The molecule has 0 bridgehead atoms. The van der Waals surface area contributed by atoms with Crippen LogP contribution in [-0.2, 0) is 0 Å². The Balaban J connectivity index is 2.43. The maximum atomic E-state index is 5.92. The number of anilines is 1. The Labute approximate surface area is 129 Å². The van der Waals surface area contributed by atoms with Gasteiger partial charge in [-0.25, -0.2) is 0 Å². The first-order chi connectivity index (χ1) is 9.15. The largest absolute Gasteiger partial charge is 0.389 e. The Bertz CT molecular complexity index is 461. The molecule has 1 saturated heterocycles. The molecule has 0 saturated carbocycles.